The van der Waals surface area contributed by atoms with Gasteiger partial charge < -0.3 is 10.2 Å². The molecule has 0 fully saturated rings. The van der Waals surface area contributed by atoms with E-state index in [0.29, 0.717) is 27.7 Å². The average molecular weight is 716 g/mol. The number of carbonyl (C=O) groups is 2. The number of nitrogens with one attached hydrogen (secondary N) is 1. The van der Waals surface area contributed by atoms with Crippen LogP contribution in [0.5, 0.6) is 0 Å². The molecule has 1 N–H and O–H groups in total. The van der Waals surface area contributed by atoms with E-state index < -0.39 is 28.5 Å². The minimum Gasteiger partial charge on any atom is -0.352 e. The van der Waals surface area contributed by atoms with E-state index in [0.717, 1.165) is 19.7 Å². The summed E-state index contributed by atoms with van der Waals surface area (Å²) in [4.78, 5) is 29.2. The van der Waals surface area contributed by atoms with E-state index in [1.807, 2.05) is 44.2 Å². The van der Waals surface area contributed by atoms with Crippen LogP contribution in [-0.4, -0.2) is 50.0 Å². The van der Waals surface area contributed by atoms with E-state index in [4.69, 9.17) is 23.2 Å². The first-order valence-corrected chi connectivity index (χ1v) is 16.4. The van der Waals surface area contributed by atoms with E-state index >= 15 is 0 Å². The number of rotatable bonds is 12. The van der Waals surface area contributed by atoms with Crippen LogP contribution in [0.2, 0.25) is 10.0 Å². The molecule has 0 aliphatic rings. The van der Waals surface area contributed by atoms with Gasteiger partial charge in [-0.15, -0.1) is 0 Å². The lowest BCUT2D eigenvalue weighted by molar-refractivity contribution is -0.140. The quantitative estimate of drug-likeness (QED) is 0.236. The Kier molecular flexibility index (Phi) is 11.7. The summed E-state index contributed by atoms with van der Waals surface area (Å²) < 4.78 is 27.7. The fraction of sp³-hybridized carbons (Fsp3) is 0.310. The maximum atomic E-state index is 14.1. The van der Waals surface area contributed by atoms with E-state index in [-0.39, 0.29) is 24.9 Å². The van der Waals surface area contributed by atoms with Crippen LogP contribution in [-0.2, 0) is 32.6 Å². The largest absolute Gasteiger partial charge is 0.352 e. The molecule has 3 aromatic carbocycles. The van der Waals surface area contributed by atoms with Crippen molar-refractivity contribution in [1.82, 2.24) is 10.2 Å². The molecule has 0 aliphatic carbocycles. The molecule has 11 heteroatoms. The van der Waals surface area contributed by atoms with Crippen molar-refractivity contribution in [3.8, 4) is 0 Å². The third kappa shape index (κ3) is 9.09. The van der Waals surface area contributed by atoms with Gasteiger partial charge in [0, 0.05) is 22.6 Å². The average Bonchev–Trinajstić information content (AvgIpc) is 2.91. The maximum absolute atomic E-state index is 14.1. The fourth-order valence-corrected chi connectivity index (χ4v) is 5.58. The lowest BCUT2D eigenvalue weighted by Gasteiger charge is -2.34. The van der Waals surface area contributed by atoms with Crippen LogP contribution in [0.1, 0.15) is 31.4 Å². The molecule has 7 nitrogen and oxygen atoms in total. The summed E-state index contributed by atoms with van der Waals surface area (Å²) >= 11 is 14.5. The smallest absolute Gasteiger partial charge is 0.244 e. The van der Waals surface area contributed by atoms with Gasteiger partial charge in [0.1, 0.15) is 12.6 Å². The van der Waals surface area contributed by atoms with Gasteiger partial charge in [0.15, 0.2) is 0 Å². The van der Waals surface area contributed by atoms with Gasteiger partial charge in [-0.1, -0.05) is 66.5 Å². The number of hydrogen-bond donors (Lipinski definition) is 1. The Balaban J connectivity index is 2.07. The lowest BCUT2D eigenvalue weighted by Crippen LogP contribution is -2.54. The highest BCUT2D eigenvalue weighted by Crippen LogP contribution is 2.25. The second-order valence-electron chi connectivity index (χ2n) is 9.54. The van der Waals surface area contributed by atoms with E-state index in [1.165, 1.54) is 4.90 Å². The molecule has 0 saturated heterocycles. The van der Waals surface area contributed by atoms with Crippen molar-refractivity contribution in [2.45, 2.75) is 45.3 Å². The first kappa shape index (κ1) is 32.2. The van der Waals surface area contributed by atoms with Crippen molar-refractivity contribution in [3.05, 3.63) is 97.5 Å². The van der Waals surface area contributed by atoms with Crippen LogP contribution >= 0.6 is 45.8 Å². The monoisotopic (exact) mass is 715 g/mol. The number of hydrogen-bond acceptors (Lipinski definition) is 4. The zero-order chi connectivity index (χ0) is 29.4. The predicted octanol–water partition coefficient (Wildman–Crippen LogP) is 5.92. The molecular weight excluding hydrogens is 684 g/mol. The van der Waals surface area contributed by atoms with Crippen LogP contribution in [0.4, 0.5) is 5.69 Å². The topological polar surface area (TPSA) is 86.8 Å². The molecule has 2 atom stereocenters. The van der Waals surface area contributed by atoms with Gasteiger partial charge in [0.2, 0.25) is 21.8 Å². The standard InChI is InChI=1S/C29H32Cl2IN3O4S/c1-4-20(2)33-29(37)27(17-21-8-6-5-7-9-21)34(18-22-10-15-25(30)26(31)16-22)28(36)19-35(40(3,38)39)24-13-11-23(32)12-14-24/h5-16,20,27H,4,17-19H2,1-3H3,(H,33,37)/t20-,27+/m1/s1. The zero-order valence-electron chi connectivity index (χ0n) is 22.5. The summed E-state index contributed by atoms with van der Waals surface area (Å²) in [5.74, 6) is -0.859. The minimum absolute atomic E-state index is 0.0193. The Hall–Kier alpha value is -2.34. The molecule has 0 radical (unpaired) electrons. The van der Waals surface area contributed by atoms with Crippen LogP contribution in [0, 0.1) is 3.57 Å². The Bertz CT molecular complexity index is 1420. The van der Waals surface area contributed by atoms with Gasteiger partial charge in [-0.05, 0) is 83.5 Å². The van der Waals surface area contributed by atoms with E-state index in [2.05, 4.69) is 27.9 Å². The van der Waals surface area contributed by atoms with Gasteiger partial charge in [0.05, 0.1) is 22.0 Å². The van der Waals surface area contributed by atoms with Crippen molar-refractivity contribution in [2.75, 3.05) is 17.1 Å². The second kappa shape index (κ2) is 14.5. The van der Waals surface area contributed by atoms with Crippen molar-refractivity contribution in [1.29, 1.82) is 0 Å². The molecular formula is C29H32Cl2IN3O4S. The Morgan fingerprint density at radius 2 is 1.60 bits per heavy atom. The number of benzene rings is 3. The number of sulfonamides is 1. The Morgan fingerprint density at radius 3 is 2.17 bits per heavy atom. The van der Waals surface area contributed by atoms with E-state index in [1.54, 1.807) is 42.5 Å². The van der Waals surface area contributed by atoms with Gasteiger partial charge in [-0.2, -0.15) is 0 Å². The third-order valence-corrected chi connectivity index (χ3v) is 9.00. The summed E-state index contributed by atoms with van der Waals surface area (Å²) in [5.41, 5.74) is 1.86. The van der Waals surface area contributed by atoms with Gasteiger partial charge in [0.25, 0.3) is 0 Å². The first-order valence-electron chi connectivity index (χ1n) is 12.7. The molecule has 0 aromatic heterocycles. The SMILES string of the molecule is CC[C@@H](C)NC(=O)[C@H](Cc1ccccc1)N(Cc1ccc(Cl)c(Cl)c1)C(=O)CN(c1ccc(I)cc1)S(C)(=O)=O. The van der Waals surface area contributed by atoms with Crippen molar-refractivity contribution >= 4 is 73.3 Å². The van der Waals surface area contributed by atoms with Crippen LogP contribution in [0.25, 0.3) is 0 Å². The van der Waals surface area contributed by atoms with Crippen molar-refractivity contribution in [2.24, 2.45) is 0 Å². The maximum Gasteiger partial charge on any atom is 0.244 e. The predicted molar refractivity (Wildman–Crippen MR) is 170 cm³/mol. The highest BCUT2D eigenvalue weighted by molar-refractivity contribution is 14.1. The van der Waals surface area contributed by atoms with Crippen molar-refractivity contribution in [3.63, 3.8) is 0 Å². The molecule has 0 heterocycles. The molecule has 2 amide bonds. The summed E-state index contributed by atoms with van der Waals surface area (Å²) in [6.45, 7) is 3.39. The van der Waals surface area contributed by atoms with Crippen LogP contribution in [0.3, 0.4) is 0 Å². The number of carbonyl (C=O) groups excluding carboxylic acids is 2. The second-order valence-corrected chi connectivity index (χ2v) is 13.5. The highest BCUT2D eigenvalue weighted by atomic mass is 127. The molecule has 0 bridgehead atoms. The third-order valence-electron chi connectivity index (χ3n) is 6.40. The summed E-state index contributed by atoms with van der Waals surface area (Å²) in [7, 11) is -3.83. The molecule has 0 unspecified atom stereocenters. The van der Waals surface area contributed by atoms with Crippen molar-refractivity contribution < 1.29 is 18.0 Å². The lowest BCUT2D eigenvalue weighted by atomic mass is 10.0. The molecule has 3 aromatic rings. The number of amides is 2. The normalized spacial score (nSPS) is 12.8. The molecule has 0 aliphatic heterocycles. The van der Waals surface area contributed by atoms with Crippen LogP contribution in [0.15, 0.2) is 72.8 Å². The fourth-order valence-electron chi connectivity index (χ4n) is 4.05. The zero-order valence-corrected chi connectivity index (χ0v) is 27.0. The first-order chi connectivity index (χ1) is 18.9. The minimum atomic E-state index is -3.83. The summed E-state index contributed by atoms with van der Waals surface area (Å²) in [6.07, 6.45) is 2.00. The van der Waals surface area contributed by atoms with Gasteiger partial charge in [-0.3, -0.25) is 13.9 Å². The highest BCUT2D eigenvalue weighted by Gasteiger charge is 2.33. The molecule has 0 spiro atoms. The molecule has 0 saturated carbocycles. The number of nitrogens with zero attached hydrogens (tertiary/aromatic N) is 2. The Labute approximate surface area is 260 Å². The molecule has 40 heavy (non-hydrogen) atoms. The Morgan fingerprint density at radius 1 is 0.950 bits per heavy atom. The van der Waals surface area contributed by atoms with E-state index in [9.17, 15) is 18.0 Å². The number of anilines is 1. The van der Waals surface area contributed by atoms with Crippen LogP contribution < -0.4 is 9.62 Å². The number of halogens is 3. The molecule has 214 valence electrons. The van der Waals surface area contributed by atoms with Gasteiger partial charge >= 0.3 is 0 Å². The molecule has 3 rings (SSSR count). The van der Waals surface area contributed by atoms with Gasteiger partial charge in [-0.25, -0.2) is 8.42 Å². The summed E-state index contributed by atoms with van der Waals surface area (Å²) in [5, 5.41) is 3.67. The summed E-state index contributed by atoms with van der Waals surface area (Å²) in [6, 6.07) is 20.2.